The van der Waals surface area contributed by atoms with Crippen LogP contribution in [0.4, 0.5) is 0 Å². The van der Waals surface area contributed by atoms with Crippen LogP contribution in [0.25, 0.3) is 0 Å². The maximum atomic E-state index is 12.8. The molecule has 4 aliphatic carbocycles. The second-order valence-corrected chi connectivity index (χ2v) is 13.1. The Morgan fingerprint density at radius 3 is 2.46 bits per heavy atom. The second-order valence-electron chi connectivity index (χ2n) is 13.1. The maximum Gasteiger partial charge on any atom is 0.326 e. The van der Waals surface area contributed by atoms with E-state index >= 15 is 0 Å². The van der Waals surface area contributed by atoms with Crippen molar-refractivity contribution in [3.63, 3.8) is 0 Å². The van der Waals surface area contributed by atoms with Gasteiger partial charge < -0.3 is 15.2 Å². The van der Waals surface area contributed by atoms with Crippen molar-refractivity contribution < 1.29 is 29.0 Å². The Morgan fingerprint density at radius 1 is 0.974 bits per heavy atom. The van der Waals surface area contributed by atoms with Crippen molar-refractivity contribution in [2.24, 2.45) is 34.5 Å². The fourth-order valence-electron chi connectivity index (χ4n) is 8.94. The Balaban J connectivity index is 1.14. The van der Waals surface area contributed by atoms with Crippen molar-refractivity contribution >= 4 is 23.6 Å². The summed E-state index contributed by atoms with van der Waals surface area (Å²) >= 11 is 0. The van der Waals surface area contributed by atoms with E-state index in [9.17, 15) is 24.3 Å². The van der Waals surface area contributed by atoms with Gasteiger partial charge in [0.15, 0.2) is 0 Å². The Bertz CT molecular complexity index is 1100. The van der Waals surface area contributed by atoms with Crippen LogP contribution in [0.1, 0.15) is 90.0 Å². The minimum atomic E-state index is -1.10. The zero-order valence-corrected chi connectivity index (χ0v) is 23.3. The first-order chi connectivity index (χ1) is 18.6. The van der Waals surface area contributed by atoms with Crippen molar-refractivity contribution in [3.05, 3.63) is 35.9 Å². The molecule has 0 saturated heterocycles. The number of nitrogens with one attached hydrogen (secondary N) is 1. The van der Waals surface area contributed by atoms with Crippen LogP contribution in [0.3, 0.4) is 0 Å². The SMILES string of the molecule is C[C@]12CCC(=O)C[C@H]1CC[C@@H]1[C@@H]2CC[C@]2(C)[C@H](OC(=O)CCC(=O)N[C@@H](Cc3ccccc3)C(=O)O)CC[C@@H]12. The van der Waals surface area contributed by atoms with Crippen molar-refractivity contribution in [1.82, 2.24) is 5.32 Å². The van der Waals surface area contributed by atoms with E-state index in [0.29, 0.717) is 29.5 Å². The highest BCUT2D eigenvalue weighted by Gasteiger charge is 2.61. The number of amides is 1. The van der Waals surface area contributed by atoms with Gasteiger partial charge in [0.25, 0.3) is 0 Å². The zero-order valence-electron chi connectivity index (χ0n) is 23.3. The molecular formula is C32H43NO6. The lowest BCUT2D eigenvalue weighted by molar-refractivity contribution is -0.164. The number of benzene rings is 1. The third-order valence-electron chi connectivity index (χ3n) is 11.1. The first-order valence-corrected chi connectivity index (χ1v) is 14.9. The van der Waals surface area contributed by atoms with Crippen LogP contribution in [0.5, 0.6) is 0 Å². The summed E-state index contributed by atoms with van der Waals surface area (Å²) in [4.78, 5) is 49.2. The third kappa shape index (κ3) is 5.51. The van der Waals surface area contributed by atoms with Gasteiger partial charge in [0.2, 0.25) is 5.91 Å². The largest absolute Gasteiger partial charge is 0.480 e. The van der Waals surface area contributed by atoms with Gasteiger partial charge >= 0.3 is 11.9 Å². The molecule has 0 radical (unpaired) electrons. The monoisotopic (exact) mass is 537 g/mol. The van der Waals surface area contributed by atoms with E-state index in [1.807, 2.05) is 30.3 Å². The molecule has 0 spiro atoms. The molecule has 0 heterocycles. The van der Waals surface area contributed by atoms with Gasteiger partial charge in [-0.2, -0.15) is 0 Å². The van der Waals surface area contributed by atoms with Gasteiger partial charge in [-0.1, -0.05) is 44.2 Å². The number of rotatable bonds is 8. The minimum Gasteiger partial charge on any atom is -0.480 e. The Labute approximate surface area is 231 Å². The van der Waals surface area contributed by atoms with E-state index < -0.39 is 17.9 Å². The molecule has 0 bridgehead atoms. The van der Waals surface area contributed by atoms with Crippen molar-refractivity contribution in [3.8, 4) is 0 Å². The van der Waals surface area contributed by atoms with Crippen LogP contribution < -0.4 is 5.32 Å². The number of esters is 1. The number of carboxylic acids is 1. The first-order valence-electron chi connectivity index (χ1n) is 14.9. The molecule has 5 rings (SSSR count). The van der Waals surface area contributed by atoms with Gasteiger partial charge in [0.1, 0.15) is 17.9 Å². The predicted octanol–water partition coefficient (Wildman–Crippen LogP) is 5.10. The number of ether oxygens (including phenoxy) is 1. The third-order valence-corrected chi connectivity index (χ3v) is 11.1. The van der Waals surface area contributed by atoms with Crippen molar-refractivity contribution in [2.45, 2.75) is 103 Å². The average molecular weight is 538 g/mol. The van der Waals surface area contributed by atoms with E-state index in [-0.39, 0.29) is 42.2 Å². The molecule has 4 fully saturated rings. The summed E-state index contributed by atoms with van der Waals surface area (Å²) in [7, 11) is 0. The van der Waals surface area contributed by atoms with Gasteiger partial charge in [-0.3, -0.25) is 14.4 Å². The Morgan fingerprint density at radius 2 is 1.72 bits per heavy atom. The summed E-state index contributed by atoms with van der Waals surface area (Å²) < 4.78 is 6.03. The van der Waals surface area contributed by atoms with Gasteiger partial charge in [-0.25, -0.2) is 4.79 Å². The van der Waals surface area contributed by atoms with Crippen LogP contribution in [0.2, 0.25) is 0 Å². The number of ketones is 1. The van der Waals surface area contributed by atoms with Gasteiger partial charge in [-0.15, -0.1) is 0 Å². The molecule has 0 aliphatic heterocycles. The normalized spacial score (nSPS) is 36.2. The molecule has 4 saturated carbocycles. The second kappa shape index (κ2) is 11.1. The molecular weight excluding hydrogens is 494 g/mol. The molecule has 212 valence electrons. The summed E-state index contributed by atoms with van der Waals surface area (Å²) in [5.74, 6) is 0.841. The van der Waals surface area contributed by atoms with E-state index in [1.54, 1.807) is 0 Å². The summed E-state index contributed by atoms with van der Waals surface area (Å²) in [6.45, 7) is 4.74. The lowest BCUT2D eigenvalue weighted by Crippen LogP contribution is -2.54. The number of carbonyl (C=O) groups is 4. The molecule has 7 heteroatoms. The van der Waals surface area contributed by atoms with Crippen LogP contribution in [-0.2, 0) is 30.3 Å². The fraction of sp³-hybridized carbons (Fsp3) is 0.688. The van der Waals surface area contributed by atoms with Crippen LogP contribution in [-0.4, -0.2) is 40.9 Å². The number of hydrogen-bond donors (Lipinski definition) is 2. The molecule has 39 heavy (non-hydrogen) atoms. The van der Waals surface area contributed by atoms with Crippen molar-refractivity contribution in [1.29, 1.82) is 0 Å². The Kier molecular flexibility index (Phi) is 7.89. The quantitative estimate of drug-likeness (QED) is 0.447. The van der Waals surface area contributed by atoms with Gasteiger partial charge in [0, 0.05) is 31.1 Å². The van der Waals surface area contributed by atoms with Gasteiger partial charge in [0.05, 0.1) is 6.42 Å². The first kappa shape index (κ1) is 27.9. The summed E-state index contributed by atoms with van der Waals surface area (Å²) in [6, 6.07) is 8.12. The summed E-state index contributed by atoms with van der Waals surface area (Å²) in [6.07, 6.45) is 8.82. The smallest absolute Gasteiger partial charge is 0.326 e. The number of aliphatic carboxylic acids is 1. The maximum absolute atomic E-state index is 12.8. The lowest BCUT2D eigenvalue weighted by Gasteiger charge is -2.60. The summed E-state index contributed by atoms with van der Waals surface area (Å²) in [5, 5.41) is 12.1. The number of hydrogen-bond acceptors (Lipinski definition) is 5. The highest BCUT2D eigenvalue weighted by Crippen LogP contribution is 2.66. The van der Waals surface area contributed by atoms with Crippen molar-refractivity contribution in [2.75, 3.05) is 0 Å². The van der Waals surface area contributed by atoms with E-state index in [1.165, 1.54) is 6.42 Å². The highest BCUT2D eigenvalue weighted by atomic mass is 16.5. The average Bonchev–Trinajstić information content (AvgIpc) is 3.24. The molecule has 1 aromatic rings. The van der Waals surface area contributed by atoms with Crippen LogP contribution in [0, 0.1) is 34.5 Å². The number of fused-ring (bicyclic) bond motifs is 5. The fourth-order valence-corrected chi connectivity index (χ4v) is 8.94. The zero-order chi connectivity index (χ0) is 27.8. The lowest BCUT2D eigenvalue weighted by atomic mass is 9.45. The molecule has 0 aromatic heterocycles. The molecule has 1 amide bonds. The highest BCUT2D eigenvalue weighted by molar-refractivity contribution is 5.86. The minimum absolute atomic E-state index is 0.0448. The van der Waals surface area contributed by atoms with Crippen LogP contribution >= 0.6 is 0 Å². The van der Waals surface area contributed by atoms with E-state index in [2.05, 4.69) is 19.2 Å². The molecule has 4 aliphatic rings. The molecule has 8 atom stereocenters. The summed E-state index contributed by atoms with van der Waals surface area (Å²) in [5.41, 5.74) is 1.04. The topological polar surface area (TPSA) is 110 Å². The standard InChI is InChI=1S/C32H43NO6/c1-31-16-14-22(34)19-21(31)8-9-23-24-10-11-27(32(24,2)17-15-25(23)31)39-29(36)13-12-28(35)33-26(30(37)38)18-20-6-4-3-5-7-20/h3-7,21,23-27H,8-19H2,1-2H3,(H,33,35)(H,37,38)/t21-,23+,24+,25+,26+,27-,31+,32+/m1/s1. The number of carbonyl (C=O) groups excluding carboxylic acids is 3. The predicted molar refractivity (Wildman–Crippen MR) is 146 cm³/mol. The van der Waals surface area contributed by atoms with Gasteiger partial charge in [-0.05, 0) is 79.6 Å². The number of Topliss-reactive ketones (excluding diaryl/α,β-unsaturated/α-hetero) is 1. The van der Waals surface area contributed by atoms with E-state index in [4.69, 9.17) is 4.74 Å². The van der Waals surface area contributed by atoms with Crippen LogP contribution in [0.15, 0.2) is 30.3 Å². The number of carboxylic acid groups (broad SMARTS) is 1. The Hall–Kier alpha value is -2.70. The molecule has 7 nitrogen and oxygen atoms in total. The molecule has 2 N–H and O–H groups in total. The molecule has 1 aromatic carbocycles. The molecule has 0 unspecified atom stereocenters. The van der Waals surface area contributed by atoms with E-state index in [0.717, 1.165) is 56.9 Å².